The predicted octanol–water partition coefficient (Wildman–Crippen LogP) is 2.35. The molecule has 0 fully saturated rings. The van der Waals surface area contributed by atoms with E-state index in [9.17, 15) is 8.42 Å². The van der Waals surface area contributed by atoms with Crippen LogP contribution in [-0.2, 0) is 10.0 Å². The van der Waals surface area contributed by atoms with Gasteiger partial charge in [-0.2, -0.15) is 8.42 Å². The summed E-state index contributed by atoms with van der Waals surface area (Å²) in [4.78, 5) is 1.80. The first kappa shape index (κ1) is 10.9. The van der Waals surface area contributed by atoms with Crippen molar-refractivity contribution in [3.8, 4) is 0 Å². The van der Waals surface area contributed by atoms with Crippen molar-refractivity contribution < 1.29 is 8.42 Å². The van der Waals surface area contributed by atoms with Crippen LogP contribution in [0.25, 0.3) is 0 Å². The molecule has 2 rings (SSSR count). The van der Waals surface area contributed by atoms with Gasteiger partial charge in [-0.1, -0.05) is 18.5 Å². The Kier molecular flexibility index (Phi) is 2.74. The Labute approximate surface area is 97.2 Å². The van der Waals surface area contributed by atoms with E-state index in [2.05, 4.69) is 4.40 Å². The number of anilines is 1. The Bertz CT molecular complexity index is 507. The summed E-state index contributed by atoms with van der Waals surface area (Å²) in [5.41, 5.74) is 0.641. The van der Waals surface area contributed by atoms with E-state index >= 15 is 0 Å². The highest BCUT2D eigenvalue weighted by Crippen LogP contribution is 2.39. The maximum absolute atomic E-state index is 11.6. The zero-order chi connectivity index (χ0) is 11.1. The molecule has 7 heteroatoms. The van der Waals surface area contributed by atoms with Crippen LogP contribution in [0.3, 0.4) is 0 Å². The largest absolute Gasteiger partial charge is 0.330 e. The molecule has 0 N–H and O–H groups in total. The quantitative estimate of drug-likeness (QED) is 0.824. The predicted molar refractivity (Wildman–Crippen MR) is 62.6 cm³/mol. The lowest BCUT2D eigenvalue weighted by molar-refractivity contribution is 0.599. The van der Waals surface area contributed by atoms with Crippen LogP contribution in [0.2, 0.25) is 4.34 Å². The molecule has 0 bridgehead atoms. The van der Waals surface area contributed by atoms with Crippen LogP contribution in [0.1, 0.15) is 13.3 Å². The van der Waals surface area contributed by atoms with Crippen LogP contribution in [0.4, 0.5) is 5.69 Å². The molecule has 1 aliphatic rings. The summed E-state index contributed by atoms with van der Waals surface area (Å²) in [6, 6.07) is 1.67. The van der Waals surface area contributed by atoms with Crippen LogP contribution >= 0.6 is 22.9 Å². The van der Waals surface area contributed by atoms with Crippen LogP contribution in [0.5, 0.6) is 0 Å². The SMILES string of the molecule is CCCN1C=NS(=O)(=O)c2sc(Cl)cc21. The molecule has 0 unspecified atom stereocenters. The number of nitrogens with zero attached hydrogens (tertiary/aromatic N) is 2. The van der Waals surface area contributed by atoms with Gasteiger partial charge < -0.3 is 4.90 Å². The average Bonchev–Trinajstić information content (AvgIpc) is 2.54. The lowest BCUT2D eigenvalue weighted by atomic mass is 10.4. The van der Waals surface area contributed by atoms with Gasteiger partial charge in [0.05, 0.1) is 10.0 Å². The highest BCUT2D eigenvalue weighted by atomic mass is 35.5. The Hall–Kier alpha value is -0.590. The van der Waals surface area contributed by atoms with Crippen molar-refractivity contribution in [1.82, 2.24) is 0 Å². The highest BCUT2D eigenvalue weighted by molar-refractivity contribution is 7.92. The van der Waals surface area contributed by atoms with Gasteiger partial charge in [-0.25, -0.2) is 0 Å². The minimum absolute atomic E-state index is 0.239. The first-order valence-electron chi connectivity index (χ1n) is 4.41. The minimum Gasteiger partial charge on any atom is -0.330 e. The van der Waals surface area contributed by atoms with Gasteiger partial charge in [0, 0.05) is 6.54 Å². The number of rotatable bonds is 2. The molecule has 82 valence electrons. The maximum Gasteiger partial charge on any atom is 0.295 e. The van der Waals surface area contributed by atoms with Crippen molar-refractivity contribution >= 4 is 45.0 Å². The standard InChI is InChI=1S/C8H9ClN2O2S2/c1-2-3-11-5-10-15(12,13)8-6(11)4-7(9)14-8/h4-5H,2-3H2,1H3. The van der Waals surface area contributed by atoms with Crippen LogP contribution in [0.15, 0.2) is 14.7 Å². The van der Waals surface area contributed by atoms with Gasteiger partial charge in [0.2, 0.25) is 0 Å². The molecule has 0 spiro atoms. The molecule has 2 heterocycles. The summed E-state index contributed by atoms with van der Waals surface area (Å²) in [5.74, 6) is 0. The van der Waals surface area contributed by atoms with E-state index in [4.69, 9.17) is 11.6 Å². The summed E-state index contributed by atoms with van der Waals surface area (Å²) in [5, 5.41) is 0. The summed E-state index contributed by atoms with van der Waals surface area (Å²) in [7, 11) is -3.51. The van der Waals surface area contributed by atoms with E-state index in [-0.39, 0.29) is 4.21 Å². The molecule has 0 saturated heterocycles. The molecule has 1 aliphatic heterocycles. The van der Waals surface area contributed by atoms with Gasteiger partial charge in [0.25, 0.3) is 10.0 Å². The molecule has 15 heavy (non-hydrogen) atoms. The third-order valence-electron chi connectivity index (χ3n) is 1.98. The van der Waals surface area contributed by atoms with Crippen molar-refractivity contribution in [2.75, 3.05) is 11.4 Å². The molecule has 0 radical (unpaired) electrons. The Morgan fingerprint density at radius 1 is 1.60 bits per heavy atom. The molecule has 4 nitrogen and oxygen atoms in total. The topological polar surface area (TPSA) is 49.7 Å². The molecule has 0 atom stereocenters. The average molecular weight is 265 g/mol. The van der Waals surface area contributed by atoms with E-state index < -0.39 is 10.0 Å². The van der Waals surface area contributed by atoms with E-state index in [1.807, 2.05) is 6.92 Å². The molecular formula is C8H9ClN2O2S2. The second-order valence-corrected chi connectivity index (χ2v) is 6.62. The Morgan fingerprint density at radius 2 is 2.33 bits per heavy atom. The van der Waals surface area contributed by atoms with Crippen molar-refractivity contribution in [3.63, 3.8) is 0 Å². The molecular weight excluding hydrogens is 256 g/mol. The van der Waals surface area contributed by atoms with Crippen molar-refractivity contribution in [2.24, 2.45) is 4.40 Å². The molecule has 1 aromatic rings. The second-order valence-electron chi connectivity index (χ2n) is 3.11. The number of sulfonamides is 1. The minimum atomic E-state index is -3.51. The summed E-state index contributed by atoms with van der Waals surface area (Å²) >= 11 is 6.86. The zero-order valence-corrected chi connectivity index (χ0v) is 10.4. The first-order chi connectivity index (χ1) is 7.04. The molecule has 0 aromatic carbocycles. The van der Waals surface area contributed by atoms with Crippen LogP contribution in [0, 0.1) is 0 Å². The van der Waals surface area contributed by atoms with Crippen LogP contribution < -0.4 is 4.90 Å². The fraction of sp³-hybridized carbons (Fsp3) is 0.375. The van der Waals surface area contributed by atoms with E-state index in [1.165, 1.54) is 6.34 Å². The monoisotopic (exact) mass is 264 g/mol. The fourth-order valence-electron chi connectivity index (χ4n) is 1.37. The Morgan fingerprint density at radius 3 is 3.00 bits per heavy atom. The number of fused-ring (bicyclic) bond motifs is 1. The van der Waals surface area contributed by atoms with Crippen molar-refractivity contribution in [3.05, 3.63) is 10.4 Å². The summed E-state index contributed by atoms with van der Waals surface area (Å²) in [6.07, 6.45) is 2.27. The number of halogens is 1. The lowest BCUT2D eigenvalue weighted by Crippen LogP contribution is -2.26. The van der Waals surface area contributed by atoms with Gasteiger partial charge >= 0.3 is 0 Å². The zero-order valence-electron chi connectivity index (χ0n) is 7.97. The third kappa shape index (κ3) is 1.89. The van der Waals surface area contributed by atoms with Crippen LogP contribution in [-0.4, -0.2) is 21.3 Å². The second kappa shape index (κ2) is 3.77. The van der Waals surface area contributed by atoms with Crippen molar-refractivity contribution in [1.29, 1.82) is 0 Å². The van der Waals surface area contributed by atoms with Crippen molar-refractivity contribution in [2.45, 2.75) is 17.6 Å². The number of thiophene rings is 1. The normalized spacial score (nSPS) is 17.9. The van der Waals surface area contributed by atoms with E-state index in [1.54, 1.807) is 11.0 Å². The van der Waals surface area contributed by atoms with Gasteiger partial charge in [-0.3, -0.25) is 0 Å². The smallest absolute Gasteiger partial charge is 0.295 e. The Balaban J connectivity index is 2.54. The van der Waals surface area contributed by atoms with Gasteiger partial charge in [-0.15, -0.1) is 15.7 Å². The molecule has 0 aliphatic carbocycles. The van der Waals surface area contributed by atoms with Gasteiger partial charge in [-0.05, 0) is 12.5 Å². The molecule has 0 saturated carbocycles. The number of hydrogen-bond acceptors (Lipinski definition) is 4. The van der Waals surface area contributed by atoms with E-state index in [0.717, 1.165) is 24.3 Å². The fourth-order valence-corrected chi connectivity index (χ4v) is 4.06. The van der Waals surface area contributed by atoms with E-state index in [0.29, 0.717) is 10.0 Å². The molecule has 0 amide bonds. The highest BCUT2D eigenvalue weighted by Gasteiger charge is 2.27. The van der Waals surface area contributed by atoms with Gasteiger partial charge in [0.15, 0.2) is 4.21 Å². The summed E-state index contributed by atoms with van der Waals surface area (Å²) < 4.78 is 27.4. The molecule has 1 aromatic heterocycles. The lowest BCUT2D eigenvalue weighted by Gasteiger charge is -2.21. The first-order valence-corrected chi connectivity index (χ1v) is 7.04. The maximum atomic E-state index is 11.6. The summed E-state index contributed by atoms with van der Waals surface area (Å²) in [6.45, 7) is 2.75. The third-order valence-corrected chi connectivity index (χ3v) is 4.96. The number of hydrogen-bond donors (Lipinski definition) is 0. The van der Waals surface area contributed by atoms with Gasteiger partial charge in [0.1, 0.15) is 6.34 Å².